The Morgan fingerprint density at radius 3 is 3.00 bits per heavy atom. The van der Waals surface area contributed by atoms with E-state index in [0.29, 0.717) is 10.9 Å². The van der Waals surface area contributed by atoms with E-state index in [9.17, 15) is 0 Å². The number of unbranched alkanes of at least 4 members (excludes halogenated alkanes) is 1. The van der Waals surface area contributed by atoms with E-state index in [0.717, 1.165) is 25.1 Å². The van der Waals surface area contributed by atoms with Crippen molar-refractivity contribution >= 4 is 23.1 Å². The van der Waals surface area contributed by atoms with Crippen molar-refractivity contribution in [2.24, 2.45) is 0 Å². The predicted molar refractivity (Wildman–Crippen MR) is 49.5 cm³/mol. The van der Waals surface area contributed by atoms with Gasteiger partial charge in [-0.05, 0) is 6.42 Å². The molecule has 0 fully saturated rings. The van der Waals surface area contributed by atoms with Crippen LogP contribution in [-0.2, 0) is 11.3 Å². The van der Waals surface area contributed by atoms with Gasteiger partial charge in [-0.25, -0.2) is 0 Å². The summed E-state index contributed by atoms with van der Waals surface area (Å²) in [5.74, 6) is 0. The highest BCUT2D eigenvalue weighted by molar-refractivity contribution is 7.10. The molecule has 0 aliphatic rings. The average Bonchev–Trinajstić information content (AvgIpc) is 2.46. The van der Waals surface area contributed by atoms with Gasteiger partial charge in [-0.15, -0.1) is 5.10 Å². The van der Waals surface area contributed by atoms with E-state index in [-0.39, 0.29) is 0 Å². The van der Waals surface area contributed by atoms with Crippen molar-refractivity contribution in [1.29, 1.82) is 0 Å². The minimum Gasteiger partial charge on any atom is -0.375 e. The number of ether oxygens (including phenoxy) is 1. The van der Waals surface area contributed by atoms with Crippen molar-refractivity contribution in [2.45, 2.75) is 26.4 Å². The first-order valence-corrected chi connectivity index (χ1v) is 5.04. The van der Waals surface area contributed by atoms with Gasteiger partial charge < -0.3 is 4.74 Å². The second kappa shape index (κ2) is 5.45. The Balaban J connectivity index is 2.20. The van der Waals surface area contributed by atoms with Gasteiger partial charge in [-0.2, -0.15) is 0 Å². The highest BCUT2D eigenvalue weighted by Crippen LogP contribution is 2.17. The van der Waals surface area contributed by atoms with E-state index < -0.39 is 0 Å². The lowest BCUT2D eigenvalue weighted by molar-refractivity contribution is 0.115. The summed E-state index contributed by atoms with van der Waals surface area (Å²) in [4.78, 5) is 0. The van der Waals surface area contributed by atoms with Crippen LogP contribution in [-0.4, -0.2) is 16.2 Å². The van der Waals surface area contributed by atoms with Gasteiger partial charge in [0.15, 0.2) is 0 Å². The molecule has 1 aromatic rings. The van der Waals surface area contributed by atoms with Crippen molar-refractivity contribution in [1.82, 2.24) is 9.59 Å². The molecule has 5 heteroatoms. The summed E-state index contributed by atoms with van der Waals surface area (Å²) in [5.41, 5.74) is 0.748. The monoisotopic (exact) mass is 206 g/mol. The second-order valence-corrected chi connectivity index (χ2v) is 3.76. The van der Waals surface area contributed by atoms with Crippen molar-refractivity contribution in [3.8, 4) is 0 Å². The minimum atomic E-state index is 0.481. The van der Waals surface area contributed by atoms with Crippen LogP contribution in [0.2, 0.25) is 4.34 Å². The van der Waals surface area contributed by atoms with Crippen LogP contribution in [0.15, 0.2) is 0 Å². The Morgan fingerprint density at radius 2 is 2.42 bits per heavy atom. The van der Waals surface area contributed by atoms with Gasteiger partial charge in [-0.1, -0.05) is 29.4 Å². The molecule has 0 saturated carbocycles. The summed E-state index contributed by atoms with van der Waals surface area (Å²) in [5, 5.41) is 3.82. The van der Waals surface area contributed by atoms with Gasteiger partial charge in [0.1, 0.15) is 10.0 Å². The molecule has 0 spiro atoms. The number of hydrogen-bond donors (Lipinski definition) is 0. The van der Waals surface area contributed by atoms with Crippen LogP contribution < -0.4 is 0 Å². The zero-order chi connectivity index (χ0) is 8.81. The van der Waals surface area contributed by atoms with E-state index in [1.807, 2.05) is 0 Å². The third kappa shape index (κ3) is 3.05. The van der Waals surface area contributed by atoms with Gasteiger partial charge in [-0.3, -0.25) is 0 Å². The van der Waals surface area contributed by atoms with Crippen molar-refractivity contribution < 1.29 is 4.74 Å². The molecule has 0 unspecified atom stereocenters. The van der Waals surface area contributed by atoms with E-state index in [2.05, 4.69) is 16.5 Å². The Bertz CT molecular complexity index is 229. The van der Waals surface area contributed by atoms with Crippen LogP contribution in [0.3, 0.4) is 0 Å². The maximum absolute atomic E-state index is 5.77. The zero-order valence-corrected chi connectivity index (χ0v) is 8.49. The third-order valence-electron chi connectivity index (χ3n) is 1.39. The summed E-state index contributed by atoms with van der Waals surface area (Å²) >= 11 is 6.96. The van der Waals surface area contributed by atoms with Crippen LogP contribution in [0, 0.1) is 0 Å². The standard InChI is InChI=1S/C7H11ClN2OS/c1-2-3-4-11-5-6-7(8)12-10-9-6/h2-5H2,1H3. The zero-order valence-electron chi connectivity index (χ0n) is 6.92. The molecule has 0 bridgehead atoms. The molecule has 0 N–H and O–H groups in total. The van der Waals surface area contributed by atoms with Crippen molar-refractivity contribution in [3.63, 3.8) is 0 Å². The predicted octanol–water partition coefficient (Wildman–Crippen LogP) is 2.51. The van der Waals surface area contributed by atoms with Crippen molar-refractivity contribution in [3.05, 3.63) is 10.0 Å². The van der Waals surface area contributed by atoms with Gasteiger partial charge in [0.2, 0.25) is 0 Å². The quantitative estimate of drug-likeness (QED) is 0.695. The van der Waals surface area contributed by atoms with Gasteiger partial charge >= 0.3 is 0 Å². The van der Waals surface area contributed by atoms with Crippen LogP contribution in [0.1, 0.15) is 25.5 Å². The molecule has 1 aromatic heterocycles. The maximum atomic E-state index is 5.77. The van der Waals surface area contributed by atoms with Crippen LogP contribution in [0.25, 0.3) is 0 Å². The van der Waals surface area contributed by atoms with E-state index in [1.54, 1.807) is 0 Å². The Hall–Kier alpha value is -0.190. The number of aromatic nitrogens is 2. The molecule has 1 heterocycles. The number of nitrogens with zero attached hydrogens (tertiary/aromatic N) is 2. The lowest BCUT2D eigenvalue weighted by Gasteiger charge is -1.99. The van der Waals surface area contributed by atoms with E-state index in [1.165, 1.54) is 11.5 Å². The molecule has 0 aliphatic carbocycles. The number of rotatable bonds is 5. The first-order valence-electron chi connectivity index (χ1n) is 3.89. The highest BCUT2D eigenvalue weighted by Gasteiger charge is 2.03. The maximum Gasteiger partial charge on any atom is 0.139 e. The number of hydrogen-bond acceptors (Lipinski definition) is 4. The van der Waals surface area contributed by atoms with Crippen LogP contribution >= 0.6 is 23.1 Å². The minimum absolute atomic E-state index is 0.481. The number of halogens is 1. The smallest absolute Gasteiger partial charge is 0.139 e. The van der Waals surface area contributed by atoms with Crippen LogP contribution in [0.4, 0.5) is 0 Å². The molecule has 0 aliphatic heterocycles. The molecule has 0 saturated heterocycles. The van der Waals surface area contributed by atoms with E-state index >= 15 is 0 Å². The first kappa shape index (κ1) is 9.89. The van der Waals surface area contributed by atoms with Gasteiger partial charge in [0.25, 0.3) is 0 Å². The molecule has 0 aromatic carbocycles. The summed E-state index contributed by atoms with van der Waals surface area (Å²) in [6, 6.07) is 0. The summed E-state index contributed by atoms with van der Waals surface area (Å²) in [6.07, 6.45) is 2.22. The largest absolute Gasteiger partial charge is 0.375 e. The van der Waals surface area contributed by atoms with Gasteiger partial charge in [0, 0.05) is 18.1 Å². The normalized spacial score (nSPS) is 10.5. The third-order valence-corrected chi connectivity index (χ3v) is 2.37. The molecule has 0 atom stereocenters. The molecular weight excluding hydrogens is 196 g/mol. The molecule has 1 rings (SSSR count). The Labute approximate surface area is 80.9 Å². The van der Waals surface area contributed by atoms with Gasteiger partial charge in [0.05, 0.1) is 6.61 Å². The first-order chi connectivity index (χ1) is 5.84. The van der Waals surface area contributed by atoms with Crippen molar-refractivity contribution in [2.75, 3.05) is 6.61 Å². The summed E-state index contributed by atoms with van der Waals surface area (Å²) in [7, 11) is 0. The SMILES string of the molecule is CCCCOCc1nnsc1Cl. The summed E-state index contributed by atoms with van der Waals surface area (Å²) in [6.45, 7) is 3.38. The fourth-order valence-corrected chi connectivity index (χ4v) is 1.30. The molecule has 12 heavy (non-hydrogen) atoms. The molecule has 0 amide bonds. The fourth-order valence-electron chi connectivity index (χ4n) is 0.698. The topological polar surface area (TPSA) is 35.0 Å². The molecule has 68 valence electrons. The highest BCUT2D eigenvalue weighted by atomic mass is 35.5. The lowest BCUT2D eigenvalue weighted by atomic mass is 10.4. The average molecular weight is 207 g/mol. The Morgan fingerprint density at radius 1 is 1.58 bits per heavy atom. The Kier molecular flexibility index (Phi) is 4.50. The molecule has 0 radical (unpaired) electrons. The lowest BCUT2D eigenvalue weighted by Crippen LogP contribution is -1.95. The molecular formula is C7H11ClN2OS. The fraction of sp³-hybridized carbons (Fsp3) is 0.714. The molecule has 3 nitrogen and oxygen atoms in total. The summed E-state index contributed by atoms with van der Waals surface area (Å²) < 4.78 is 9.65. The second-order valence-electron chi connectivity index (χ2n) is 2.40. The van der Waals surface area contributed by atoms with E-state index in [4.69, 9.17) is 16.3 Å². The van der Waals surface area contributed by atoms with Crippen LogP contribution in [0.5, 0.6) is 0 Å².